The average Bonchev–Trinajstić information content (AvgIpc) is 2.45. The number of rotatable bonds is 0. The number of hydrogen-bond donors (Lipinski definition) is 1. The molecule has 0 radical (unpaired) electrons. The summed E-state index contributed by atoms with van der Waals surface area (Å²) in [6.45, 7) is 0. The van der Waals surface area contributed by atoms with Gasteiger partial charge in [0.2, 0.25) is 0 Å². The monoisotopic (exact) mass is 169 g/mol. The molecule has 0 aliphatic carbocycles. The van der Waals surface area contributed by atoms with Gasteiger partial charge in [-0.3, -0.25) is 0 Å². The Kier molecular flexibility index (Phi) is 1.36. The van der Waals surface area contributed by atoms with E-state index in [9.17, 15) is 4.39 Å². The molecule has 1 N–H and O–H groups in total. The zero-order valence-electron chi connectivity index (χ0n) is 5.57. The SMILES string of the molecule is Fc1c(Cl)ccc2[nH]ccc12. The number of aromatic amines is 1. The van der Waals surface area contributed by atoms with Crippen molar-refractivity contribution in [2.75, 3.05) is 0 Å². The third kappa shape index (κ3) is 0.906. The highest BCUT2D eigenvalue weighted by Gasteiger charge is 2.04. The molecule has 0 saturated heterocycles. The van der Waals surface area contributed by atoms with Crippen molar-refractivity contribution in [3.63, 3.8) is 0 Å². The second-order valence-corrected chi connectivity index (χ2v) is 2.71. The first kappa shape index (κ1) is 6.68. The Morgan fingerprint density at radius 2 is 2.09 bits per heavy atom. The summed E-state index contributed by atoms with van der Waals surface area (Å²) in [5.41, 5.74) is 0.770. The lowest BCUT2D eigenvalue weighted by Crippen LogP contribution is -1.76. The number of hydrogen-bond acceptors (Lipinski definition) is 0. The van der Waals surface area contributed by atoms with Crippen LogP contribution in [0.5, 0.6) is 0 Å². The zero-order chi connectivity index (χ0) is 7.84. The standard InChI is InChI=1S/C8H5ClFN/c9-6-1-2-7-5(8(6)10)3-4-11-7/h1-4,11H. The maximum absolute atomic E-state index is 13.1. The summed E-state index contributed by atoms with van der Waals surface area (Å²) in [4.78, 5) is 2.89. The quantitative estimate of drug-likeness (QED) is 0.624. The van der Waals surface area contributed by atoms with Crippen LogP contribution in [0.4, 0.5) is 4.39 Å². The van der Waals surface area contributed by atoms with E-state index >= 15 is 0 Å². The summed E-state index contributed by atoms with van der Waals surface area (Å²) in [5, 5.41) is 0.703. The molecule has 0 saturated carbocycles. The lowest BCUT2D eigenvalue weighted by molar-refractivity contribution is 0.640. The summed E-state index contributed by atoms with van der Waals surface area (Å²) in [7, 11) is 0. The fourth-order valence-corrected chi connectivity index (χ4v) is 1.23. The van der Waals surface area contributed by atoms with E-state index in [2.05, 4.69) is 4.98 Å². The van der Waals surface area contributed by atoms with Gasteiger partial charge in [-0.25, -0.2) is 4.39 Å². The lowest BCUT2D eigenvalue weighted by Gasteiger charge is -1.93. The van der Waals surface area contributed by atoms with Gasteiger partial charge in [0.25, 0.3) is 0 Å². The average molecular weight is 170 g/mol. The minimum Gasteiger partial charge on any atom is -0.361 e. The van der Waals surface area contributed by atoms with Crippen molar-refractivity contribution in [2.45, 2.75) is 0 Å². The van der Waals surface area contributed by atoms with Gasteiger partial charge in [0.15, 0.2) is 5.82 Å². The van der Waals surface area contributed by atoms with Crippen molar-refractivity contribution in [3.8, 4) is 0 Å². The molecular weight excluding hydrogens is 165 g/mol. The smallest absolute Gasteiger partial charge is 0.151 e. The van der Waals surface area contributed by atoms with Crippen LogP contribution in [0.3, 0.4) is 0 Å². The van der Waals surface area contributed by atoms with Crippen molar-refractivity contribution in [1.29, 1.82) is 0 Å². The summed E-state index contributed by atoms with van der Waals surface area (Å²) in [5.74, 6) is -0.356. The first-order valence-electron chi connectivity index (χ1n) is 3.20. The molecule has 11 heavy (non-hydrogen) atoms. The molecule has 0 atom stereocenters. The topological polar surface area (TPSA) is 15.8 Å². The van der Waals surface area contributed by atoms with Gasteiger partial charge in [-0.05, 0) is 18.2 Å². The summed E-state index contributed by atoms with van der Waals surface area (Å²) in [6, 6.07) is 4.95. The number of benzene rings is 1. The van der Waals surface area contributed by atoms with Gasteiger partial charge in [-0.15, -0.1) is 0 Å². The van der Waals surface area contributed by atoms with Crippen LogP contribution in [0.2, 0.25) is 5.02 Å². The van der Waals surface area contributed by atoms with Crippen molar-refractivity contribution in [2.24, 2.45) is 0 Å². The highest BCUT2D eigenvalue weighted by atomic mass is 35.5. The number of halogens is 2. The van der Waals surface area contributed by atoms with E-state index in [1.807, 2.05) is 0 Å². The molecular formula is C8H5ClFN. The Bertz CT molecular complexity index is 394. The molecule has 1 nitrogen and oxygen atoms in total. The van der Waals surface area contributed by atoms with Crippen LogP contribution in [0, 0.1) is 5.82 Å². The van der Waals surface area contributed by atoms with Crippen LogP contribution >= 0.6 is 11.6 Å². The van der Waals surface area contributed by atoms with Crippen LogP contribution in [0.25, 0.3) is 10.9 Å². The summed E-state index contributed by atoms with van der Waals surface area (Å²) < 4.78 is 13.1. The van der Waals surface area contributed by atoms with Crippen molar-refractivity contribution < 1.29 is 4.39 Å². The van der Waals surface area contributed by atoms with Gasteiger partial charge in [-0.2, -0.15) is 0 Å². The Morgan fingerprint density at radius 1 is 1.27 bits per heavy atom. The maximum atomic E-state index is 13.1. The highest BCUT2D eigenvalue weighted by Crippen LogP contribution is 2.22. The first-order chi connectivity index (χ1) is 5.29. The van der Waals surface area contributed by atoms with Crippen molar-refractivity contribution in [3.05, 3.63) is 35.2 Å². The van der Waals surface area contributed by atoms with Crippen LogP contribution in [-0.2, 0) is 0 Å². The molecule has 0 spiro atoms. The highest BCUT2D eigenvalue weighted by molar-refractivity contribution is 6.31. The van der Waals surface area contributed by atoms with Gasteiger partial charge in [0.1, 0.15) is 0 Å². The molecule has 3 heteroatoms. The van der Waals surface area contributed by atoms with Gasteiger partial charge >= 0.3 is 0 Å². The minimum absolute atomic E-state index is 0.164. The third-order valence-electron chi connectivity index (χ3n) is 1.62. The Balaban J connectivity index is 2.93. The largest absolute Gasteiger partial charge is 0.361 e. The number of H-pyrrole nitrogens is 1. The van der Waals surface area contributed by atoms with E-state index < -0.39 is 0 Å². The Labute approximate surface area is 67.8 Å². The molecule has 1 heterocycles. The van der Waals surface area contributed by atoms with E-state index in [-0.39, 0.29) is 10.8 Å². The molecule has 0 amide bonds. The predicted molar refractivity (Wildman–Crippen MR) is 43.3 cm³/mol. The molecule has 2 aromatic rings. The minimum atomic E-state index is -0.356. The maximum Gasteiger partial charge on any atom is 0.151 e. The van der Waals surface area contributed by atoms with Gasteiger partial charge in [0.05, 0.1) is 5.02 Å². The molecule has 0 fully saturated rings. The number of aromatic nitrogens is 1. The van der Waals surface area contributed by atoms with Crippen LogP contribution in [-0.4, -0.2) is 4.98 Å². The van der Waals surface area contributed by atoms with Gasteiger partial charge in [0, 0.05) is 17.1 Å². The van der Waals surface area contributed by atoms with Crippen LogP contribution in [0.1, 0.15) is 0 Å². The molecule has 2 rings (SSSR count). The van der Waals surface area contributed by atoms with E-state index in [0.29, 0.717) is 5.39 Å². The molecule has 1 aromatic carbocycles. The Morgan fingerprint density at radius 3 is 2.91 bits per heavy atom. The van der Waals surface area contributed by atoms with Crippen molar-refractivity contribution in [1.82, 2.24) is 4.98 Å². The van der Waals surface area contributed by atoms with E-state index in [4.69, 9.17) is 11.6 Å². The molecule has 1 aromatic heterocycles. The predicted octanol–water partition coefficient (Wildman–Crippen LogP) is 2.96. The fraction of sp³-hybridized carbons (Fsp3) is 0. The number of nitrogens with one attached hydrogen (secondary N) is 1. The molecule has 0 bridgehead atoms. The second kappa shape index (κ2) is 2.24. The summed E-state index contributed by atoms with van der Waals surface area (Å²) in [6.07, 6.45) is 1.68. The molecule has 0 aliphatic rings. The van der Waals surface area contributed by atoms with E-state index in [0.717, 1.165) is 5.52 Å². The third-order valence-corrected chi connectivity index (χ3v) is 1.91. The van der Waals surface area contributed by atoms with Crippen LogP contribution in [0.15, 0.2) is 24.4 Å². The molecule has 0 unspecified atom stereocenters. The molecule has 56 valence electrons. The van der Waals surface area contributed by atoms with Gasteiger partial charge in [-0.1, -0.05) is 11.6 Å². The van der Waals surface area contributed by atoms with Crippen LogP contribution < -0.4 is 0 Å². The zero-order valence-corrected chi connectivity index (χ0v) is 6.32. The number of fused-ring (bicyclic) bond motifs is 1. The van der Waals surface area contributed by atoms with E-state index in [1.165, 1.54) is 6.07 Å². The Hall–Kier alpha value is -1.02. The van der Waals surface area contributed by atoms with Gasteiger partial charge < -0.3 is 4.98 Å². The fourth-order valence-electron chi connectivity index (χ4n) is 1.07. The summed E-state index contributed by atoms with van der Waals surface area (Å²) >= 11 is 5.56. The molecule has 0 aliphatic heterocycles. The normalized spacial score (nSPS) is 10.7. The lowest BCUT2D eigenvalue weighted by atomic mass is 10.2. The van der Waals surface area contributed by atoms with E-state index in [1.54, 1.807) is 18.3 Å². The van der Waals surface area contributed by atoms with Crippen molar-refractivity contribution >= 4 is 22.5 Å². The first-order valence-corrected chi connectivity index (χ1v) is 3.58. The second-order valence-electron chi connectivity index (χ2n) is 2.30.